The van der Waals surface area contributed by atoms with Crippen molar-refractivity contribution in [1.29, 1.82) is 0 Å². The predicted octanol–water partition coefficient (Wildman–Crippen LogP) is 4.25. The van der Waals surface area contributed by atoms with E-state index < -0.39 is 0 Å². The summed E-state index contributed by atoms with van der Waals surface area (Å²) in [7, 11) is 0. The highest BCUT2D eigenvalue weighted by atomic mass is 79.9. The second-order valence-electron chi connectivity index (χ2n) is 6.05. The van der Waals surface area contributed by atoms with Gasteiger partial charge in [0, 0.05) is 41.2 Å². The molecule has 3 rings (SSSR count). The summed E-state index contributed by atoms with van der Waals surface area (Å²) in [5.74, 6) is 0.576. The van der Waals surface area contributed by atoms with Crippen molar-refractivity contribution < 1.29 is 0 Å². The summed E-state index contributed by atoms with van der Waals surface area (Å²) < 4.78 is 1.11. The van der Waals surface area contributed by atoms with E-state index in [1.165, 1.54) is 43.6 Å². The molecule has 0 spiro atoms. The zero-order valence-corrected chi connectivity index (χ0v) is 14.3. The molecule has 0 amide bonds. The molecule has 0 aliphatic carbocycles. The van der Waals surface area contributed by atoms with Crippen molar-refractivity contribution in [3.63, 3.8) is 0 Å². The van der Waals surface area contributed by atoms with Gasteiger partial charge < -0.3 is 4.90 Å². The van der Waals surface area contributed by atoms with Crippen molar-refractivity contribution in [1.82, 2.24) is 4.90 Å². The number of piperidine rings is 1. The molecule has 0 bridgehead atoms. The standard InChI is InChI=1S/C16H22BrClN2/c1-12-10-19-7-3-2-4-15(19)11-20(12)16-6-5-14(17)8-13(16)9-18/h5-6,8,12,15H,2-4,7,9-11H2,1H3. The lowest BCUT2D eigenvalue weighted by molar-refractivity contribution is 0.115. The van der Waals surface area contributed by atoms with Gasteiger partial charge in [0.05, 0.1) is 0 Å². The number of fused-ring (bicyclic) bond motifs is 1. The highest BCUT2D eigenvalue weighted by Crippen LogP contribution is 2.32. The van der Waals surface area contributed by atoms with E-state index in [0.29, 0.717) is 11.9 Å². The molecular formula is C16H22BrClN2. The molecule has 2 saturated heterocycles. The van der Waals surface area contributed by atoms with Gasteiger partial charge in [-0.1, -0.05) is 22.4 Å². The zero-order chi connectivity index (χ0) is 14.1. The van der Waals surface area contributed by atoms with Gasteiger partial charge in [0.1, 0.15) is 0 Å². The second kappa shape index (κ2) is 6.25. The van der Waals surface area contributed by atoms with Crippen LogP contribution in [0.4, 0.5) is 5.69 Å². The first-order chi connectivity index (χ1) is 9.69. The van der Waals surface area contributed by atoms with Gasteiger partial charge in [-0.3, -0.25) is 4.90 Å². The van der Waals surface area contributed by atoms with Crippen LogP contribution >= 0.6 is 27.5 Å². The quantitative estimate of drug-likeness (QED) is 0.730. The molecular weight excluding hydrogens is 336 g/mol. The van der Waals surface area contributed by atoms with Crippen LogP contribution in [0, 0.1) is 0 Å². The van der Waals surface area contributed by atoms with Gasteiger partial charge in [0.15, 0.2) is 0 Å². The third-order valence-corrected chi connectivity index (χ3v) is 5.46. The van der Waals surface area contributed by atoms with Crippen LogP contribution in [0.25, 0.3) is 0 Å². The van der Waals surface area contributed by atoms with Crippen LogP contribution < -0.4 is 4.90 Å². The summed E-state index contributed by atoms with van der Waals surface area (Å²) in [5.41, 5.74) is 2.55. The fraction of sp³-hybridized carbons (Fsp3) is 0.625. The topological polar surface area (TPSA) is 6.48 Å². The molecule has 1 aromatic rings. The third-order valence-electron chi connectivity index (χ3n) is 4.68. The van der Waals surface area contributed by atoms with Crippen LogP contribution in [0.5, 0.6) is 0 Å². The average Bonchev–Trinajstić information content (AvgIpc) is 2.46. The minimum atomic E-state index is 0.562. The van der Waals surface area contributed by atoms with Gasteiger partial charge in [0.2, 0.25) is 0 Å². The number of alkyl halides is 1. The number of hydrogen-bond donors (Lipinski definition) is 0. The average molecular weight is 358 g/mol. The molecule has 0 radical (unpaired) electrons. The first-order valence-electron chi connectivity index (χ1n) is 7.54. The smallest absolute Gasteiger partial charge is 0.0494 e. The monoisotopic (exact) mass is 356 g/mol. The Kier molecular flexibility index (Phi) is 4.58. The van der Waals surface area contributed by atoms with Gasteiger partial charge >= 0.3 is 0 Å². The Labute approximate surface area is 135 Å². The summed E-state index contributed by atoms with van der Waals surface area (Å²) in [6, 6.07) is 7.80. The highest BCUT2D eigenvalue weighted by Gasteiger charge is 2.33. The van der Waals surface area contributed by atoms with Crippen LogP contribution in [-0.4, -0.2) is 36.6 Å². The van der Waals surface area contributed by atoms with Crippen LogP contribution in [0.15, 0.2) is 22.7 Å². The first-order valence-corrected chi connectivity index (χ1v) is 8.87. The van der Waals surface area contributed by atoms with Gasteiger partial charge in [-0.2, -0.15) is 0 Å². The molecule has 2 unspecified atom stereocenters. The van der Waals surface area contributed by atoms with E-state index in [0.717, 1.165) is 17.1 Å². The van der Waals surface area contributed by atoms with E-state index in [1.54, 1.807) is 0 Å². The number of piperazine rings is 1. The normalized spacial score (nSPS) is 27.4. The zero-order valence-electron chi connectivity index (χ0n) is 12.0. The fourth-order valence-corrected chi connectivity index (χ4v) is 4.25. The summed E-state index contributed by atoms with van der Waals surface area (Å²) in [6.45, 7) is 5.95. The molecule has 4 heteroatoms. The molecule has 20 heavy (non-hydrogen) atoms. The molecule has 2 aliphatic heterocycles. The maximum atomic E-state index is 6.15. The lowest BCUT2D eigenvalue weighted by Crippen LogP contribution is -2.59. The van der Waals surface area contributed by atoms with E-state index in [4.69, 9.17) is 11.6 Å². The number of hydrogen-bond acceptors (Lipinski definition) is 2. The molecule has 110 valence electrons. The Hall–Kier alpha value is -0.250. The SMILES string of the molecule is CC1CN2CCCCC2CN1c1ccc(Br)cc1CCl. The Bertz CT molecular complexity index is 480. The molecule has 0 saturated carbocycles. The number of benzene rings is 1. The molecule has 1 aromatic carbocycles. The Morgan fingerprint density at radius 1 is 1.30 bits per heavy atom. The van der Waals surface area contributed by atoms with E-state index in [-0.39, 0.29) is 0 Å². The van der Waals surface area contributed by atoms with Crippen molar-refractivity contribution in [3.8, 4) is 0 Å². The molecule has 2 nitrogen and oxygen atoms in total. The number of rotatable bonds is 2. The molecule has 2 aliphatic rings. The third kappa shape index (κ3) is 2.86. The maximum Gasteiger partial charge on any atom is 0.0494 e. The van der Waals surface area contributed by atoms with Crippen LogP contribution in [0.2, 0.25) is 0 Å². The van der Waals surface area contributed by atoms with Gasteiger partial charge in [-0.15, -0.1) is 11.6 Å². The Morgan fingerprint density at radius 3 is 2.95 bits per heavy atom. The summed E-state index contributed by atoms with van der Waals surface area (Å²) in [5, 5.41) is 0. The molecule has 2 atom stereocenters. The molecule has 2 fully saturated rings. The molecule has 0 N–H and O–H groups in total. The maximum absolute atomic E-state index is 6.15. The van der Waals surface area contributed by atoms with Crippen LogP contribution in [-0.2, 0) is 5.88 Å². The Morgan fingerprint density at radius 2 is 2.15 bits per heavy atom. The van der Waals surface area contributed by atoms with Gasteiger partial charge in [0.25, 0.3) is 0 Å². The first kappa shape index (κ1) is 14.7. The van der Waals surface area contributed by atoms with Crippen molar-refractivity contribution in [2.24, 2.45) is 0 Å². The fourth-order valence-electron chi connectivity index (χ4n) is 3.63. The molecule has 0 aromatic heterocycles. The summed E-state index contributed by atoms with van der Waals surface area (Å²) in [6.07, 6.45) is 4.09. The summed E-state index contributed by atoms with van der Waals surface area (Å²) in [4.78, 5) is 5.25. The minimum Gasteiger partial charge on any atom is -0.366 e. The highest BCUT2D eigenvalue weighted by molar-refractivity contribution is 9.10. The number of nitrogens with zero attached hydrogens (tertiary/aromatic N) is 2. The predicted molar refractivity (Wildman–Crippen MR) is 89.7 cm³/mol. The number of halogens is 2. The van der Waals surface area contributed by atoms with Crippen LogP contribution in [0.3, 0.4) is 0 Å². The molecule has 2 heterocycles. The van der Waals surface area contributed by atoms with Crippen LogP contribution in [0.1, 0.15) is 31.7 Å². The lowest BCUT2D eigenvalue weighted by atomic mass is 9.96. The van der Waals surface area contributed by atoms with Gasteiger partial charge in [-0.05, 0) is 50.1 Å². The van der Waals surface area contributed by atoms with Gasteiger partial charge in [-0.25, -0.2) is 0 Å². The summed E-state index contributed by atoms with van der Waals surface area (Å²) >= 11 is 9.70. The van der Waals surface area contributed by atoms with E-state index in [2.05, 4.69) is 50.9 Å². The van der Waals surface area contributed by atoms with Crippen molar-refractivity contribution in [2.45, 2.75) is 44.1 Å². The van der Waals surface area contributed by atoms with E-state index in [1.807, 2.05) is 0 Å². The lowest BCUT2D eigenvalue weighted by Gasteiger charge is -2.49. The van der Waals surface area contributed by atoms with Crippen molar-refractivity contribution >= 4 is 33.2 Å². The Balaban J connectivity index is 1.85. The largest absolute Gasteiger partial charge is 0.366 e. The van der Waals surface area contributed by atoms with Crippen molar-refractivity contribution in [3.05, 3.63) is 28.2 Å². The minimum absolute atomic E-state index is 0.562. The second-order valence-corrected chi connectivity index (χ2v) is 7.24. The number of anilines is 1. The van der Waals surface area contributed by atoms with E-state index in [9.17, 15) is 0 Å². The van der Waals surface area contributed by atoms with Crippen molar-refractivity contribution in [2.75, 3.05) is 24.5 Å². The van der Waals surface area contributed by atoms with E-state index >= 15 is 0 Å².